The van der Waals surface area contributed by atoms with E-state index in [0.717, 1.165) is 11.1 Å². The Morgan fingerprint density at radius 1 is 1.03 bits per heavy atom. The number of carbonyl (C=O) groups excluding carboxylic acids is 3. The minimum Gasteiger partial charge on any atom is -0.349 e. The van der Waals surface area contributed by atoms with Crippen molar-refractivity contribution in [1.29, 1.82) is 0 Å². The second kappa shape index (κ2) is 10.9. The third kappa shape index (κ3) is 6.88. The topological polar surface area (TPSA) is 81.8 Å². The van der Waals surface area contributed by atoms with Crippen LogP contribution in [0.3, 0.4) is 0 Å². The lowest BCUT2D eigenvalue weighted by Crippen LogP contribution is -2.51. The summed E-state index contributed by atoms with van der Waals surface area (Å²) in [6.07, 6.45) is 0.183. The van der Waals surface area contributed by atoms with Gasteiger partial charge in [0, 0.05) is 38.8 Å². The van der Waals surface area contributed by atoms with Crippen LogP contribution in [0.1, 0.15) is 30.5 Å². The van der Waals surface area contributed by atoms with Gasteiger partial charge in [0.25, 0.3) is 0 Å². The molecule has 0 saturated carbocycles. The molecule has 0 spiro atoms. The standard InChI is InChI=1S/C24H29FN4O3/c1-17-6-8-19(9-7-17)22(26-18(2)30)15-24(32)29-12-10-28(11-13-29)16-23(31)27-21-5-3-4-20(25)14-21/h3-9,14,22H,10-13,15-16H2,1-2H3,(H,26,30)(H,27,31). The number of amides is 3. The van der Waals surface area contributed by atoms with Crippen molar-refractivity contribution < 1.29 is 18.8 Å². The van der Waals surface area contributed by atoms with Crippen LogP contribution in [0.2, 0.25) is 0 Å². The Labute approximate surface area is 187 Å². The van der Waals surface area contributed by atoms with Crippen LogP contribution in [-0.4, -0.2) is 60.2 Å². The molecule has 2 aromatic rings. The molecule has 1 aliphatic rings. The van der Waals surface area contributed by atoms with E-state index in [1.54, 1.807) is 17.0 Å². The van der Waals surface area contributed by atoms with Crippen molar-refractivity contribution in [3.8, 4) is 0 Å². The maximum Gasteiger partial charge on any atom is 0.238 e. The first kappa shape index (κ1) is 23.4. The van der Waals surface area contributed by atoms with E-state index in [2.05, 4.69) is 10.6 Å². The summed E-state index contributed by atoms with van der Waals surface area (Å²) < 4.78 is 13.3. The summed E-state index contributed by atoms with van der Waals surface area (Å²) >= 11 is 0. The molecular formula is C24H29FN4O3. The molecule has 1 saturated heterocycles. The van der Waals surface area contributed by atoms with Gasteiger partial charge in [-0.05, 0) is 30.7 Å². The second-order valence-corrected chi connectivity index (χ2v) is 8.08. The Morgan fingerprint density at radius 3 is 2.34 bits per heavy atom. The minimum absolute atomic E-state index is 0.0341. The zero-order valence-electron chi connectivity index (χ0n) is 18.4. The molecular weight excluding hydrogens is 411 g/mol. The highest BCUT2D eigenvalue weighted by molar-refractivity contribution is 5.92. The molecule has 7 nitrogen and oxygen atoms in total. The maximum atomic E-state index is 13.3. The fraction of sp³-hybridized carbons (Fsp3) is 0.375. The second-order valence-electron chi connectivity index (χ2n) is 8.08. The summed E-state index contributed by atoms with van der Waals surface area (Å²) in [5.41, 5.74) is 2.43. The van der Waals surface area contributed by atoms with Crippen LogP contribution >= 0.6 is 0 Å². The van der Waals surface area contributed by atoms with Gasteiger partial charge >= 0.3 is 0 Å². The van der Waals surface area contributed by atoms with Crippen LogP contribution in [0.4, 0.5) is 10.1 Å². The van der Waals surface area contributed by atoms with Crippen molar-refractivity contribution in [3.05, 3.63) is 65.5 Å². The van der Waals surface area contributed by atoms with Gasteiger partial charge in [-0.2, -0.15) is 0 Å². The third-order valence-corrected chi connectivity index (χ3v) is 5.44. The zero-order chi connectivity index (χ0) is 23.1. The number of halogens is 1. The first-order valence-electron chi connectivity index (χ1n) is 10.7. The molecule has 170 valence electrons. The van der Waals surface area contributed by atoms with Crippen molar-refractivity contribution >= 4 is 23.4 Å². The van der Waals surface area contributed by atoms with Crippen LogP contribution in [0.15, 0.2) is 48.5 Å². The molecule has 32 heavy (non-hydrogen) atoms. The van der Waals surface area contributed by atoms with Crippen LogP contribution in [0.5, 0.6) is 0 Å². The Kier molecular flexibility index (Phi) is 7.94. The Bertz CT molecular complexity index is 956. The Morgan fingerprint density at radius 2 is 1.72 bits per heavy atom. The Hall–Kier alpha value is -3.26. The van der Waals surface area contributed by atoms with E-state index in [0.29, 0.717) is 31.9 Å². The fourth-order valence-electron chi connectivity index (χ4n) is 3.73. The number of hydrogen-bond acceptors (Lipinski definition) is 4. The summed E-state index contributed by atoms with van der Waals surface area (Å²) in [4.78, 5) is 40.5. The number of benzene rings is 2. The van der Waals surface area contributed by atoms with E-state index in [9.17, 15) is 18.8 Å². The number of aryl methyl sites for hydroxylation is 1. The fourth-order valence-corrected chi connectivity index (χ4v) is 3.73. The van der Waals surface area contributed by atoms with Crippen LogP contribution in [0.25, 0.3) is 0 Å². The molecule has 2 aromatic carbocycles. The summed E-state index contributed by atoms with van der Waals surface area (Å²) in [5, 5.41) is 5.56. The number of hydrogen-bond donors (Lipinski definition) is 2. The van der Waals surface area contributed by atoms with E-state index in [-0.39, 0.29) is 36.7 Å². The van der Waals surface area contributed by atoms with E-state index >= 15 is 0 Å². The zero-order valence-corrected chi connectivity index (χ0v) is 18.4. The molecule has 3 amide bonds. The molecule has 1 aliphatic heterocycles. The number of piperazine rings is 1. The third-order valence-electron chi connectivity index (χ3n) is 5.44. The quantitative estimate of drug-likeness (QED) is 0.693. The first-order valence-corrected chi connectivity index (χ1v) is 10.7. The molecule has 1 atom stereocenters. The van der Waals surface area contributed by atoms with Gasteiger partial charge < -0.3 is 15.5 Å². The van der Waals surface area contributed by atoms with Crippen molar-refractivity contribution in [1.82, 2.24) is 15.1 Å². The average molecular weight is 441 g/mol. The SMILES string of the molecule is CC(=O)NC(CC(=O)N1CCN(CC(=O)Nc2cccc(F)c2)CC1)c1ccc(C)cc1. The highest BCUT2D eigenvalue weighted by Gasteiger charge is 2.25. The summed E-state index contributed by atoms with van der Waals surface area (Å²) in [6.45, 7) is 5.75. The largest absolute Gasteiger partial charge is 0.349 e. The molecule has 0 aliphatic carbocycles. The molecule has 3 rings (SSSR count). The van der Waals surface area contributed by atoms with Gasteiger partial charge in [0.2, 0.25) is 17.7 Å². The summed E-state index contributed by atoms with van der Waals surface area (Å²) in [7, 11) is 0. The number of nitrogens with zero attached hydrogens (tertiary/aromatic N) is 2. The lowest BCUT2D eigenvalue weighted by Gasteiger charge is -2.35. The van der Waals surface area contributed by atoms with Crippen LogP contribution < -0.4 is 10.6 Å². The molecule has 0 bridgehead atoms. The van der Waals surface area contributed by atoms with Crippen molar-refractivity contribution in [2.75, 3.05) is 38.0 Å². The number of anilines is 1. The monoisotopic (exact) mass is 440 g/mol. The highest BCUT2D eigenvalue weighted by atomic mass is 19.1. The average Bonchev–Trinajstić information content (AvgIpc) is 2.74. The maximum absolute atomic E-state index is 13.3. The van der Waals surface area contributed by atoms with Crippen molar-refractivity contribution in [2.24, 2.45) is 0 Å². The molecule has 1 unspecified atom stereocenters. The van der Waals surface area contributed by atoms with Crippen molar-refractivity contribution in [3.63, 3.8) is 0 Å². The van der Waals surface area contributed by atoms with E-state index in [4.69, 9.17) is 0 Å². The van der Waals surface area contributed by atoms with Gasteiger partial charge in [0.1, 0.15) is 5.82 Å². The van der Waals surface area contributed by atoms with Crippen molar-refractivity contribution in [2.45, 2.75) is 26.3 Å². The van der Waals surface area contributed by atoms with Gasteiger partial charge in [-0.15, -0.1) is 0 Å². The minimum atomic E-state index is -0.405. The predicted octanol–water partition coefficient (Wildman–Crippen LogP) is 2.48. The molecule has 1 heterocycles. The molecule has 0 aromatic heterocycles. The number of carbonyl (C=O) groups is 3. The van der Waals surface area contributed by atoms with Gasteiger partial charge in [0.05, 0.1) is 19.0 Å². The first-order chi connectivity index (χ1) is 15.3. The molecule has 1 fully saturated rings. The lowest BCUT2D eigenvalue weighted by molar-refractivity contribution is -0.133. The summed E-state index contributed by atoms with van der Waals surface area (Å²) in [6, 6.07) is 13.2. The predicted molar refractivity (Wildman–Crippen MR) is 120 cm³/mol. The van der Waals surface area contributed by atoms with E-state index in [1.807, 2.05) is 36.1 Å². The van der Waals surface area contributed by atoms with Gasteiger partial charge in [0.15, 0.2) is 0 Å². The number of rotatable bonds is 7. The van der Waals surface area contributed by atoms with Crippen LogP contribution in [0, 0.1) is 12.7 Å². The molecule has 0 radical (unpaired) electrons. The van der Waals surface area contributed by atoms with E-state index < -0.39 is 5.82 Å². The highest BCUT2D eigenvalue weighted by Crippen LogP contribution is 2.19. The number of nitrogens with one attached hydrogen (secondary N) is 2. The van der Waals surface area contributed by atoms with Gasteiger partial charge in [-0.3, -0.25) is 19.3 Å². The van der Waals surface area contributed by atoms with Crippen LogP contribution in [-0.2, 0) is 14.4 Å². The van der Waals surface area contributed by atoms with Gasteiger partial charge in [-0.1, -0.05) is 35.9 Å². The summed E-state index contributed by atoms with van der Waals surface area (Å²) in [5.74, 6) is -0.843. The Balaban J connectivity index is 1.49. The lowest BCUT2D eigenvalue weighted by atomic mass is 10.0. The van der Waals surface area contributed by atoms with E-state index in [1.165, 1.54) is 19.1 Å². The molecule has 2 N–H and O–H groups in total. The molecule has 8 heteroatoms. The normalized spacial score (nSPS) is 15.2. The van der Waals surface area contributed by atoms with Gasteiger partial charge in [-0.25, -0.2) is 4.39 Å². The smallest absolute Gasteiger partial charge is 0.238 e.